The zero-order valence-corrected chi connectivity index (χ0v) is 15.1. The van der Waals surface area contributed by atoms with Crippen LogP contribution in [0.25, 0.3) is 0 Å². The molecule has 2 aliphatic rings. The predicted molar refractivity (Wildman–Crippen MR) is 92.5 cm³/mol. The average molecular weight is 346 g/mol. The summed E-state index contributed by atoms with van der Waals surface area (Å²) in [6.45, 7) is 6.47. The Balaban J connectivity index is 1.54. The van der Waals surface area contributed by atoms with Gasteiger partial charge in [0, 0.05) is 18.6 Å². The number of hydrogen-bond acceptors (Lipinski definition) is 5. The molecule has 0 saturated heterocycles. The molecule has 1 amide bonds. The minimum absolute atomic E-state index is 0.0795. The highest BCUT2D eigenvalue weighted by atomic mass is 16.4. The van der Waals surface area contributed by atoms with Crippen LogP contribution in [0.15, 0.2) is 0 Å². The van der Waals surface area contributed by atoms with E-state index in [4.69, 9.17) is 5.11 Å². The second kappa shape index (κ2) is 7.07. The molecule has 2 fully saturated rings. The van der Waals surface area contributed by atoms with Crippen molar-refractivity contribution in [3.05, 3.63) is 22.8 Å². The standard InChI is InChI=1S/C18H26N4O3/c1-10-11(2)20-17(12(3)19-10)18(25)21-14-6-15(7-14)22(9-16(23)24)8-13-4-5-13/h13-15H,4-9H2,1-3H3,(H,21,25)(H,23,24). The van der Waals surface area contributed by atoms with Crippen LogP contribution in [0, 0.1) is 26.7 Å². The van der Waals surface area contributed by atoms with E-state index in [1.807, 2.05) is 13.8 Å². The molecular weight excluding hydrogens is 320 g/mol. The summed E-state index contributed by atoms with van der Waals surface area (Å²) < 4.78 is 0. The summed E-state index contributed by atoms with van der Waals surface area (Å²) in [6, 6.07) is 0.324. The molecule has 1 aromatic rings. The summed E-state index contributed by atoms with van der Waals surface area (Å²) in [7, 11) is 0. The third-order valence-electron chi connectivity index (χ3n) is 5.19. The molecule has 2 saturated carbocycles. The fourth-order valence-corrected chi connectivity index (χ4v) is 3.34. The van der Waals surface area contributed by atoms with E-state index >= 15 is 0 Å². The van der Waals surface area contributed by atoms with Crippen molar-refractivity contribution in [1.29, 1.82) is 0 Å². The van der Waals surface area contributed by atoms with E-state index in [1.165, 1.54) is 12.8 Å². The van der Waals surface area contributed by atoms with E-state index in [2.05, 4.69) is 20.2 Å². The van der Waals surface area contributed by atoms with Gasteiger partial charge in [-0.15, -0.1) is 0 Å². The van der Waals surface area contributed by atoms with Crippen LogP contribution in [-0.2, 0) is 4.79 Å². The summed E-state index contributed by atoms with van der Waals surface area (Å²) in [5, 5.41) is 12.1. The Hall–Kier alpha value is -2.02. The Morgan fingerprint density at radius 2 is 1.76 bits per heavy atom. The van der Waals surface area contributed by atoms with Crippen molar-refractivity contribution >= 4 is 11.9 Å². The van der Waals surface area contributed by atoms with Crippen LogP contribution < -0.4 is 5.32 Å². The molecule has 2 aliphatic carbocycles. The van der Waals surface area contributed by atoms with E-state index in [0.29, 0.717) is 17.3 Å². The number of carbonyl (C=O) groups is 2. The topological polar surface area (TPSA) is 95.4 Å². The summed E-state index contributed by atoms with van der Waals surface area (Å²) in [5.41, 5.74) is 2.62. The third kappa shape index (κ3) is 4.34. The fraction of sp³-hybridized carbons (Fsp3) is 0.667. The molecule has 2 N–H and O–H groups in total. The molecule has 136 valence electrons. The Bertz CT molecular complexity index is 681. The number of amides is 1. The molecule has 0 atom stereocenters. The molecule has 7 heteroatoms. The van der Waals surface area contributed by atoms with Gasteiger partial charge in [0.15, 0.2) is 0 Å². The number of carboxylic acids is 1. The number of carbonyl (C=O) groups excluding carboxylic acids is 1. The molecule has 25 heavy (non-hydrogen) atoms. The van der Waals surface area contributed by atoms with E-state index < -0.39 is 5.97 Å². The van der Waals surface area contributed by atoms with E-state index in [0.717, 1.165) is 30.8 Å². The maximum Gasteiger partial charge on any atom is 0.317 e. The molecule has 0 spiro atoms. The van der Waals surface area contributed by atoms with Crippen LogP contribution in [0.2, 0.25) is 0 Å². The van der Waals surface area contributed by atoms with Crippen LogP contribution in [0.4, 0.5) is 0 Å². The van der Waals surface area contributed by atoms with Gasteiger partial charge >= 0.3 is 5.97 Å². The van der Waals surface area contributed by atoms with Crippen molar-refractivity contribution in [2.75, 3.05) is 13.1 Å². The van der Waals surface area contributed by atoms with Gasteiger partial charge in [0.25, 0.3) is 5.91 Å². The average Bonchev–Trinajstić information content (AvgIpc) is 3.29. The van der Waals surface area contributed by atoms with Crippen molar-refractivity contribution < 1.29 is 14.7 Å². The highest BCUT2D eigenvalue weighted by molar-refractivity contribution is 5.93. The van der Waals surface area contributed by atoms with Gasteiger partial charge in [0.1, 0.15) is 5.69 Å². The van der Waals surface area contributed by atoms with Crippen LogP contribution in [0.3, 0.4) is 0 Å². The second-order valence-corrected chi connectivity index (χ2v) is 7.39. The van der Waals surface area contributed by atoms with Crippen LogP contribution >= 0.6 is 0 Å². The third-order valence-corrected chi connectivity index (χ3v) is 5.19. The van der Waals surface area contributed by atoms with Gasteiger partial charge < -0.3 is 10.4 Å². The first-order valence-corrected chi connectivity index (χ1v) is 8.92. The number of nitrogens with zero attached hydrogens (tertiary/aromatic N) is 3. The molecular formula is C18H26N4O3. The summed E-state index contributed by atoms with van der Waals surface area (Å²) in [6.07, 6.45) is 3.99. The maximum atomic E-state index is 12.5. The van der Waals surface area contributed by atoms with Gasteiger partial charge in [-0.25, -0.2) is 4.98 Å². The molecule has 3 rings (SSSR count). The van der Waals surface area contributed by atoms with E-state index in [1.54, 1.807) is 6.92 Å². The lowest BCUT2D eigenvalue weighted by molar-refractivity contribution is -0.139. The second-order valence-electron chi connectivity index (χ2n) is 7.39. The minimum Gasteiger partial charge on any atom is -0.480 e. The van der Waals surface area contributed by atoms with Gasteiger partial charge in [-0.1, -0.05) is 0 Å². The zero-order valence-electron chi connectivity index (χ0n) is 15.1. The molecule has 1 aromatic heterocycles. The number of nitrogens with one attached hydrogen (secondary N) is 1. The molecule has 7 nitrogen and oxygen atoms in total. The Kier molecular flexibility index (Phi) is 5.03. The first kappa shape index (κ1) is 17.8. The first-order chi connectivity index (χ1) is 11.8. The fourth-order valence-electron chi connectivity index (χ4n) is 3.34. The number of aliphatic carboxylic acids is 1. The highest BCUT2D eigenvalue weighted by Crippen LogP contribution is 2.33. The molecule has 0 unspecified atom stereocenters. The van der Waals surface area contributed by atoms with Gasteiger partial charge in [-0.3, -0.25) is 19.5 Å². The Labute approximate surface area is 147 Å². The number of aryl methyl sites for hydroxylation is 3. The normalized spacial score (nSPS) is 22.6. The number of hydrogen-bond donors (Lipinski definition) is 2. The first-order valence-electron chi connectivity index (χ1n) is 8.92. The maximum absolute atomic E-state index is 12.5. The van der Waals surface area contributed by atoms with E-state index in [-0.39, 0.29) is 24.5 Å². The SMILES string of the molecule is Cc1nc(C)c(C(=O)NC2CC(N(CC(=O)O)CC3CC3)C2)nc1C. The lowest BCUT2D eigenvalue weighted by atomic mass is 9.85. The molecule has 1 heterocycles. The molecule has 0 bridgehead atoms. The zero-order chi connectivity index (χ0) is 18.1. The van der Waals surface area contributed by atoms with Crippen molar-refractivity contribution in [1.82, 2.24) is 20.2 Å². The lowest BCUT2D eigenvalue weighted by Gasteiger charge is -2.42. The summed E-state index contributed by atoms with van der Waals surface area (Å²) in [4.78, 5) is 34.3. The van der Waals surface area contributed by atoms with Gasteiger partial charge in [-0.2, -0.15) is 0 Å². The lowest BCUT2D eigenvalue weighted by Crippen LogP contribution is -2.55. The van der Waals surface area contributed by atoms with Crippen LogP contribution in [-0.4, -0.2) is 57.0 Å². The van der Waals surface area contributed by atoms with Gasteiger partial charge in [0.2, 0.25) is 0 Å². The summed E-state index contributed by atoms with van der Waals surface area (Å²) in [5.74, 6) is -0.320. The Morgan fingerprint density at radius 3 is 2.36 bits per heavy atom. The van der Waals surface area contributed by atoms with Crippen LogP contribution in [0.5, 0.6) is 0 Å². The van der Waals surface area contributed by atoms with Crippen molar-refractivity contribution in [3.63, 3.8) is 0 Å². The smallest absolute Gasteiger partial charge is 0.317 e. The number of rotatable bonds is 7. The molecule has 0 aliphatic heterocycles. The van der Waals surface area contributed by atoms with Gasteiger partial charge in [0.05, 0.1) is 23.6 Å². The minimum atomic E-state index is -0.783. The number of carboxylic acid groups (broad SMARTS) is 1. The van der Waals surface area contributed by atoms with Gasteiger partial charge in [-0.05, 0) is 52.4 Å². The van der Waals surface area contributed by atoms with Crippen molar-refractivity contribution in [2.24, 2.45) is 5.92 Å². The summed E-state index contributed by atoms with van der Waals surface area (Å²) >= 11 is 0. The molecule has 0 radical (unpaired) electrons. The largest absolute Gasteiger partial charge is 0.480 e. The van der Waals surface area contributed by atoms with Crippen molar-refractivity contribution in [3.8, 4) is 0 Å². The quantitative estimate of drug-likeness (QED) is 0.776. The highest BCUT2D eigenvalue weighted by Gasteiger charge is 2.38. The van der Waals surface area contributed by atoms with Crippen LogP contribution in [0.1, 0.15) is 53.3 Å². The van der Waals surface area contributed by atoms with Crippen molar-refractivity contribution in [2.45, 2.75) is 58.5 Å². The molecule has 0 aromatic carbocycles. The number of aromatic nitrogens is 2. The predicted octanol–water partition coefficient (Wildman–Crippen LogP) is 1.46. The van der Waals surface area contributed by atoms with E-state index in [9.17, 15) is 9.59 Å². The monoisotopic (exact) mass is 346 g/mol. The Morgan fingerprint density at radius 1 is 1.12 bits per heavy atom.